The summed E-state index contributed by atoms with van der Waals surface area (Å²) >= 11 is 0. The lowest BCUT2D eigenvalue weighted by Crippen LogP contribution is -2.31. The summed E-state index contributed by atoms with van der Waals surface area (Å²) in [6.07, 6.45) is 2.78. The fourth-order valence-corrected chi connectivity index (χ4v) is 1.36. The Kier molecular flexibility index (Phi) is 2.59. The van der Waals surface area contributed by atoms with Crippen molar-refractivity contribution in [1.82, 2.24) is 14.6 Å². The van der Waals surface area contributed by atoms with Gasteiger partial charge in [-0.2, -0.15) is 0 Å². The van der Waals surface area contributed by atoms with Crippen molar-refractivity contribution < 1.29 is 19.6 Å². The van der Waals surface area contributed by atoms with E-state index in [0.717, 1.165) is 0 Å². The maximum atomic E-state index is 11.4. The van der Waals surface area contributed by atoms with Crippen molar-refractivity contribution in [2.24, 2.45) is 0 Å². The maximum absolute atomic E-state index is 11.4. The van der Waals surface area contributed by atoms with Gasteiger partial charge in [0, 0.05) is 6.20 Å². The summed E-state index contributed by atoms with van der Waals surface area (Å²) in [6, 6.07) is 1.31. The van der Waals surface area contributed by atoms with Crippen molar-refractivity contribution in [3.63, 3.8) is 0 Å². The highest BCUT2D eigenvalue weighted by molar-refractivity contribution is 6.58. The number of fused-ring (bicyclic) bond motifs is 1. The molecule has 2 aromatic heterocycles. The number of hydrogen-bond acceptors (Lipinski definition) is 6. The molecule has 2 aromatic rings. The molecule has 2 heterocycles. The summed E-state index contributed by atoms with van der Waals surface area (Å²) in [7, 11) is -0.438. The number of methoxy groups -OCH3 is 1. The van der Waals surface area contributed by atoms with Gasteiger partial charge in [-0.15, -0.1) is 10.2 Å². The molecule has 2 N–H and O–H groups in total. The molecule has 0 aliphatic heterocycles. The lowest BCUT2D eigenvalue weighted by atomic mass is 9.81. The zero-order chi connectivity index (χ0) is 11.7. The molecule has 2 rings (SSSR count). The molecule has 0 aliphatic carbocycles. The number of aromatic nitrogens is 3. The normalized spacial score (nSPS) is 10.4. The van der Waals surface area contributed by atoms with Gasteiger partial charge in [0.2, 0.25) is 0 Å². The van der Waals surface area contributed by atoms with E-state index >= 15 is 0 Å². The van der Waals surface area contributed by atoms with Gasteiger partial charge in [-0.05, 0) is 11.5 Å². The van der Waals surface area contributed by atoms with Crippen LogP contribution in [0.3, 0.4) is 0 Å². The van der Waals surface area contributed by atoms with E-state index in [2.05, 4.69) is 14.9 Å². The highest BCUT2D eigenvalue weighted by Crippen LogP contribution is 2.07. The summed E-state index contributed by atoms with van der Waals surface area (Å²) in [5, 5.41) is 25.5. The van der Waals surface area contributed by atoms with Crippen LogP contribution in [0.25, 0.3) is 5.65 Å². The van der Waals surface area contributed by atoms with Crippen LogP contribution in [0.2, 0.25) is 0 Å². The summed E-state index contributed by atoms with van der Waals surface area (Å²) in [6.45, 7) is 0. The first-order chi connectivity index (χ1) is 7.63. The first-order valence-electron chi connectivity index (χ1n) is 4.41. The van der Waals surface area contributed by atoms with Crippen molar-refractivity contribution in [3.8, 4) is 0 Å². The molecular formula is C8H8BN3O4. The Morgan fingerprint density at radius 3 is 2.94 bits per heavy atom. The summed E-state index contributed by atoms with van der Waals surface area (Å²) < 4.78 is 5.98. The van der Waals surface area contributed by atoms with Gasteiger partial charge in [0.05, 0.1) is 7.11 Å². The predicted octanol–water partition coefficient (Wildman–Crippen LogP) is -1.80. The average Bonchev–Trinajstić information content (AvgIpc) is 2.74. The Labute approximate surface area is 90.4 Å². The monoisotopic (exact) mass is 221 g/mol. The van der Waals surface area contributed by atoms with Crippen LogP contribution in [-0.2, 0) is 4.74 Å². The average molecular weight is 221 g/mol. The van der Waals surface area contributed by atoms with Gasteiger partial charge in [-0.3, -0.25) is 4.40 Å². The lowest BCUT2D eigenvalue weighted by molar-refractivity contribution is 0.0602. The number of hydrogen-bond donors (Lipinski definition) is 2. The second-order valence-electron chi connectivity index (χ2n) is 3.11. The third kappa shape index (κ3) is 1.64. The Hall–Kier alpha value is -1.93. The van der Waals surface area contributed by atoms with Gasteiger partial charge in [-0.25, -0.2) is 4.79 Å². The van der Waals surface area contributed by atoms with Gasteiger partial charge >= 0.3 is 13.1 Å². The number of nitrogens with zero attached hydrogens (tertiary/aromatic N) is 3. The van der Waals surface area contributed by atoms with E-state index in [1.165, 1.54) is 30.1 Å². The van der Waals surface area contributed by atoms with E-state index in [0.29, 0.717) is 5.65 Å². The second kappa shape index (κ2) is 3.91. The van der Waals surface area contributed by atoms with Crippen LogP contribution in [0.4, 0.5) is 0 Å². The number of rotatable bonds is 2. The number of carbonyl (C=O) groups is 1. The topological polar surface area (TPSA) is 97.0 Å². The molecule has 16 heavy (non-hydrogen) atoms. The largest absolute Gasteiger partial charge is 0.489 e. The zero-order valence-electron chi connectivity index (χ0n) is 8.36. The molecule has 0 spiro atoms. The highest BCUT2D eigenvalue weighted by Gasteiger charge is 2.19. The molecule has 0 bridgehead atoms. The molecule has 8 heteroatoms. The first-order valence-corrected chi connectivity index (χ1v) is 4.41. The van der Waals surface area contributed by atoms with E-state index in [9.17, 15) is 4.79 Å². The van der Waals surface area contributed by atoms with E-state index in [4.69, 9.17) is 10.0 Å². The molecule has 0 saturated heterocycles. The maximum Gasteiger partial charge on any atom is 0.489 e. The SMILES string of the molecule is COC(=O)c1cc(B(O)O)cn2cnnc12. The fraction of sp³-hybridized carbons (Fsp3) is 0.125. The fourth-order valence-electron chi connectivity index (χ4n) is 1.36. The first kappa shape index (κ1) is 10.6. The van der Waals surface area contributed by atoms with Gasteiger partial charge in [0.1, 0.15) is 11.9 Å². The lowest BCUT2D eigenvalue weighted by Gasteiger charge is -2.05. The van der Waals surface area contributed by atoms with Crippen LogP contribution >= 0.6 is 0 Å². The molecule has 0 aromatic carbocycles. The van der Waals surface area contributed by atoms with Crippen molar-refractivity contribution in [2.75, 3.05) is 7.11 Å². The Morgan fingerprint density at radius 2 is 2.31 bits per heavy atom. The number of esters is 1. The zero-order valence-corrected chi connectivity index (χ0v) is 8.36. The standard InChI is InChI=1S/C8H8BN3O4/c1-16-8(13)6-2-5(9(14)15)3-12-4-10-11-7(6)12/h2-4,14-15H,1H3. The van der Waals surface area contributed by atoms with Crippen molar-refractivity contribution >= 4 is 24.2 Å². The summed E-state index contributed by atoms with van der Waals surface area (Å²) in [4.78, 5) is 11.4. The minimum atomic E-state index is -1.67. The highest BCUT2D eigenvalue weighted by atomic mass is 16.5. The molecule has 0 unspecified atom stereocenters. The molecular weight excluding hydrogens is 213 g/mol. The van der Waals surface area contributed by atoms with Gasteiger partial charge in [0.15, 0.2) is 5.65 Å². The van der Waals surface area contributed by atoms with Crippen LogP contribution in [0.5, 0.6) is 0 Å². The van der Waals surface area contributed by atoms with E-state index in [-0.39, 0.29) is 11.0 Å². The smallest absolute Gasteiger partial charge is 0.465 e. The number of pyridine rings is 1. The van der Waals surface area contributed by atoms with Crippen LogP contribution in [-0.4, -0.2) is 44.8 Å². The predicted molar refractivity (Wildman–Crippen MR) is 54.2 cm³/mol. The van der Waals surface area contributed by atoms with Gasteiger partial charge in [0.25, 0.3) is 0 Å². The third-order valence-electron chi connectivity index (χ3n) is 2.12. The van der Waals surface area contributed by atoms with E-state index in [1.54, 1.807) is 0 Å². The number of carbonyl (C=O) groups excluding carboxylic acids is 1. The van der Waals surface area contributed by atoms with Crippen LogP contribution in [0, 0.1) is 0 Å². The molecule has 0 amide bonds. The molecule has 0 radical (unpaired) electrons. The van der Waals surface area contributed by atoms with Crippen molar-refractivity contribution in [2.45, 2.75) is 0 Å². The van der Waals surface area contributed by atoms with Crippen LogP contribution in [0.1, 0.15) is 10.4 Å². The summed E-state index contributed by atoms with van der Waals surface area (Å²) in [5.74, 6) is -0.611. The second-order valence-corrected chi connectivity index (χ2v) is 3.11. The molecule has 0 aliphatic rings. The van der Waals surface area contributed by atoms with Crippen LogP contribution < -0.4 is 5.46 Å². The molecule has 0 saturated carbocycles. The van der Waals surface area contributed by atoms with Crippen LogP contribution in [0.15, 0.2) is 18.6 Å². The third-order valence-corrected chi connectivity index (χ3v) is 2.12. The molecule has 82 valence electrons. The Bertz CT molecular complexity index is 539. The summed E-state index contributed by atoms with van der Waals surface area (Å²) in [5.41, 5.74) is 0.592. The van der Waals surface area contributed by atoms with E-state index in [1.807, 2.05) is 0 Å². The Balaban J connectivity index is 2.68. The molecule has 0 fully saturated rings. The van der Waals surface area contributed by atoms with E-state index < -0.39 is 13.1 Å². The molecule has 0 atom stereocenters. The van der Waals surface area contributed by atoms with Crippen molar-refractivity contribution in [3.05, 3.63) is 24.2 Å². The van der Waals surface area contributed by atoms with Gasteiger partial charge in [-0.1, -0.05) is 0 Å². The Morgan fingerprint density at radius 1 is 1.56 bits per heavy atom. The van der Waals surface area contributed by atoms with Crippen molar-refractivity contribution in [1.29, 1.82) is 0 Å². The molecule has 7 nitrogen and oxygen atoms in total. The quantitative estimate of drug-likeness (QED) is 0.458. The minimum Gasteiger partial charge on any atom is -0.465 e. The number of ether oxygens (including phenoxy) is 1. The van der Waals surface area contributed by atoms with Gasteiger partial charge < -0.3 is 14.8 Å². The minimum absolute atomic E-state index is 0.130.